The van der Waals surface area contributed by atoms with Gasteiger partial charge in [-0.1, -0.05) is 12.1 Å². The first-order valence-corrected chi connectivity index (χ1v) is 12.7. The van der Waals surface area contributed by atoms with Crippen LogP contribution in [0.1, 0.15) is 35.0 Å². The third-order valence-electron chi connectivity index (χ3n) is 5.92. The van der Waals surface area contributed by atoms with Gasteiger partial charge in [0.1, 0.15) is 46.7 Å². The highest BCUT2D eigenvalue weighted by Gasteiger charge is 2.23. The van der Waals surface area contributed by atoms with Crippen molar-refractivity contribution in [2.45, 2.75) is 13.8 Å². The molecule has 4 aromatic rings. The minimum Gasteiger partial charge on any atom is -0.492 e. The highest BCUT2D eigenvalue weighted by atomic mass is 16.5. The monoisotopic (exact) mass is 565 g/mol. The van der Waals surface area contributed by atoms with Crippen molar-refractivity contribution in [1.29, 1.82) is 0 Å². The maximum Gasteiger partial charge on any atom is 0.374 e. The standard InChI is InChI=1S/C29H27NO11/c1-3-36-28(34)24-11-17(31)26-20(7-5-9-22(26)40-24)38-14-16(19(33)13-30)15-39-21-8-6-10-23-27(21)18(32)12-25(41-23)29(35)37-4-2/h5-12,16H,3-4,13-15,30H2,1-2H3. The van der Waals surface area contributed by atoms with E-state index in [4.69, 9.17) is 33.5 Å². The van der Waals surface area contributed by atoms with Gasteiger partial charge in [-0.25, -0.2) is 9.59 Å². The molecule has 2 aromatic carbocycles. The Bertz CT molecular complexity index is 1600. The van der Waals surface area contributed by atoms with Gasteiger partial charge in [0.15, 0.2) is 16.6 Å². The molecule has 0 aliphatic rings. The first-order chi connectivity index (χ1) is 19.8. The number of benzene rings is 2. The highest BCUT2D eigenvalue weighted by molar-refractivity contribution is 5.91. The number of hydrogen-bond donors (Lipinski definition) is 1. The molecule has 0 bridgehead atoms. The SMILES string of the molecule is CCOC(=O)c1cc(=O)c2c(OCC(COc3cccc4oc(C(=O)OCC)cc(=O)c34)C(=O)CN)cccc2o1. The molecular weight excluding hydrogens is 538 g/mol. The van der Waals surface area contributed by atoms with Crippen molar-refractivity contribution in [1.82, 2.24) is 0 Å². The van der Waals surface area contributed by atoms with Crippen LogP contribution in [0.2, 0.25) is 0 Å². The number of Topliss-reactive ketones (excluding diaryl/α,β-unsaturated/α-hetero) is 1. The number of fused-ring (bicyclic) bond motifs is 2. The smallest absolute Gasteiger partial charge is 0.374 e. The number of esters is 2. The maximum absolute atomic E-state index is 12.8. The molecule has 2 aromatic heterocycles. The van der Waals surface area contributed by atoms with E-state index >= 15 is 0 Å². The van der Waals surface area contributed by atoms with Crippen LogP contribution in [0.15, 0.2) is 67.0 Å². The lowest BCUT2D eigenvalue weighted by atomic mass is 10.1. The van der Waals surface area contributed by atoms with Crippen LogP contribution in [0.4, 0.5) is 0 Å². The molecule has 214 valence electrons. The molecular formula is C29H27NO11. The van der Waals surface area contributed by atoms with Gasteiger partial charge in [0.2, 0.25) is 11.5 Å². The van der Waals surface area contributed by atoms with E-state index in [0.717, 1.165) is 12.1 Å². The predicted molar refractivity (Wildman–Crippen MR) is 145 cm³/mol. The summed E-state index contributed by atoms with van der Waals surface area (Å²) in [5.74, 6) is -3.08. The summed E-state index contributed by atoms with van der Waals surface area (Å²) in [5.41, 5.74) is 4.73. The lowest BCUT2D eigenvalue weighted by Crippen LogP contribution is -2.33. The first kappa shape index (κ1) is 29.0. The van der Waals surface area contributed by atoms with Crippen LogP contribution in [0.3, 0.4) is 0 Å². The first-order valence-electron chi connectivity index (χ1n) is 12.7. The minimum atomic E-state index is -0.887. The van der Waals surface area contributed by atoms with Crippen LogP contribution in [0.5, 0.6) is 11.5 Å². The fourth-order valence-electron chi connectivity index (χ4n) is 3.98. The summed E-state index contributed by atoms with van der Waals surface area (Å²) in [4.78, 5) is 62.3. The van der Waals surface area contributed by atoms with Crippen molar-refractivity contribution >= 4 is 39.7 Å². The van der Waals surface area contributed by atoms with Crippen molar-refractivity contribution in [3.63, 3.8) is 0 Å². The third kappa shape index (κ3) is 6.44. The Morgan fingerprint density at radius 2 is 1.20 bits per heavy atom. The van der Waals surface area contributed by atoms with Gasteiger partial charge < -0.3 is 33.5 Å². The van der Waals surface area contributed by atoms with Crippen molar-refractivity contribution in [3.8, 4) is 11.5 Å². The van der Waals surface area contributed by atoms with Gasteiger partial charge in [0, 0.05) is 12.1 Å². The Balaban J connectivity index is 1.56. The van der Waals surface area contributed by atoms with Crippen molar-refractivity contribution in [2.24, 2.45) is 11.7 Å². The van der Waals surface area contributed by atoms with E-state index in [1.165, 1.54) is 24.3 Å². The minimum absolute atomic E-state index is 0.0736. The lowest BCUT2D eigenvalue weighted by molar-refractivity contribution is -0.123. The largest absolute Gasteiger partial charge is 0.492 e. The summed E-state index contributed by atoms with van der Waals surface area (Å²) in [6.07, 6.45) is 0. The summed E-state index contributed by atoms with van der Waals surface area (Å²) in [7, 11) is 0. The average Bonchev–Trinajstić information content (AvgIpc) is 2.96. The fraction of sp³-hybridized carbons (Fsp3) is 0.276. The van der Waals surface area contributed by atoms with Gasteiger partial charge in [0.05, 0.1) is 25.7 Å². The Morgan fingerprint density at radius 1 is 0.756 bits per heavy atom. The molecule has 0 atom stereocenters. The second kappa shape index (κ2) is 12.9. The Kier molecular flexibility index (Phi) is 9.15. The van der Waals surface area contributed by atoms with Gasteiger partial charge in [0.25, 0.3) is 0 Å². The molecule has 0 radical (unpaired) electrons. The fourth-order valence-corrected chi connectivity index (χ4v) is 3.98. The van der Waals surface area contributed by atoms with E-state index in [1.807, 2.05) is 0 Å². The summed E-state index contributed by atoms with van der Waals surface area (Å²) in [5, 5.41) is 0.147. The van der Waals surface area contributed by atoms with Crippen LogP contribution in [0, 0.1) is 5.92 Å². The van der Waals surface area contributed by atoms with Gasteiger partial charge in [-0.3, -0.25) is 14.4 Å². The van der Waals surface area contributed by atoms with Crippen molar-refractivity contribution < 1.29 is 42.2 Å². The maximum atomic E-state index is 12.8. The number of rotatable bonds is 12. The zero-order valence-electron chi connectivity index (χ0n) is 22.3. The van der Waals surface area contributed by atoms with Gasteiger partial charge in [-0.2, -0.15) is 0 Å². The van der Waals surface area contributed by atoms with Gasteiger partial charge in [-0.15, -0.1) is 0 Å². The summed E-state index contributed by atoms with van der Waals surface area (Å²) in [6.45, 7) is 2.73. The van der Waals surface area contributed by atoms with Crippen LogP contribution in [0.25, 0.3) is 21.9 Å². The number of nitrogens with two attached hydrogens (primary N) is 1. The van der Waals surface area contributed by atoms with E-state index in [0.29, 0.717) is 0 Å². The predicted octanol–water partition coefficient (Wildman–Crippen LogP) is 2.85. The van der Waals surface area contributed by atoms with Crippen molar-refractivity contribution in [2.75, 3.05) is 33.0 Å². The highest BCUT2D eigenvalue weighted by Crippen LogP contribution is 2.26. The Labute approximate surface area is 232 Å². The molecule has 2 heterocycles. The van der Waals surface area contributed by atoms with Gasteiger partial charge >= 0.3 is 11.9 Å². The summed E-state index contributed by atoms with van der Waals surface area (Å²) in [6, 6.07) is 11.2. The van der Waals surface area contributed by atoms with Crippen LogP contribution in [-0.2, 0) is 14.3 Å². The average molecular weight is 566 g/mol. The van der Waals surface area contributed by atoms with E-state index in [2.05, 4.69) is 0 Å². The molecule has 0 saturated carbocycles. The number of carbonyl (C=O) groups excluding carboxylic acids is 3. The zero-order valence-corrected chi connectivity index (χ0v) is 22.3. The molecule has 0 amide bonds. The van der Waals surface area contributed by atoms with E-state index < -0.39 is 34.5 Å². The molecule has 0 fully saturated rings. The van der Waals surface area contributed by atoms with Crippen LogP contribution in [-0.4, -0.2) is 50.7 Å². The van der Waals surface area contributed by atoms with Crippen LogP contribution < -0.4 is 26.1 Å². The zero-order chi connectivity index (χ0) is 29.5. The topological polar surface area (TPSA) is 175 Å². The van der Waals surface area contributed by atoms with Gasteiger partial charge in [-0.05, 0) is 38.1 Å². The van der Waals surface area contributed by atoms with E-state index in [-0.39, 0.29) is 77.9 Å². The second-order valence-electron chi connectivity index (χ2n) is 8.64. The molecule has 12 nitrogen and oxygen atoms in total. The molecule has 2 N–H and O–H groups in total. The molecule has 41 heavy (non-hydrogen) atoms. The van der Waals surface area contributed by atoms with Crippen molar-refractivity contribution in [3.05, 3.63) is 80.5 Å². The molecule has 12 heteroatoms. The lowest BCUT2D eigenvalue weighted by Gasteiger charge is -2.18. The number of ketones is 1. The molecule has 0 aliphatic heterocycles. The molecule has 0 spiro atoms. The molecule has 0 aliphatic carbocycles. The molecule has 0 unspecified atom stereocenters. The molecule has 0 saturated heterocycles. The number of carbonyl (C=O) groups is 3. The second-order valence-corrected chi connectivity index (χ2v) is 8.64. The van der Waals surface area contributed by atoms with E-state index in [1.54, 1.807) is 26.0 Å². The molecule has 4 rings (SSSR count). The number of hydrogen-bond acceptors (Lipinski definition) is 12. The third-order valence-corrected chi connectivity index (χ3v) is 5.92. The number of ether oxygens (including phenoxy) is 4. The summed E-state index contributed by atoms with van der Waals surface area (Å²) < 4.78 is 32.5. The van der Waals surface area contributed by atoms with E-state index in [9.17, 15) is 24.0 Å². The Morgan fingerprint density at radius 3 is 1.59 bits per heavy atom. The quantitative estimate of drug-likeness (QED) is 0.249. The normalized spacial score (nSPS) is 11.0. The summed E-state index contributed by atoms with van der Waals surface area (Å²) >= 11 is 0. The van der Waals surface area contributed by atoms with Crippen LogP contribution >= 0.6 is 0 Å². The Hall–Kier alpha value is -4.97.